The van der Waals surface area contributed by atoms with Gasteiger partial charge in [0.2, 0.25) is 11.8 Å². The molecule has 0 atom stereocenters. The van der Waals surface area contributed by atoms with Gasteiger partial charge in [-0.25, -0.2) is 4.39 Å². The van der Waals surface area contributed by atoms with Gasteiger partial charge in [0.05, 0.1) is 12.5 Å². The summed E-state index contributed by atoms with van der Waals surface area (Å²) in [5.41, 5.74) is 1.40. The molecule has 2 amide bonds. The van der Waals surface area contributed by atoms with Crippen LogP contribution in [0.15, 0.2) is 48.5 Å². The van der Waals surface area contributed by atoms with Crippen molar-refractivity contribution < 1.29 is 18.7 Å². The van der Waals surface area contributed by atoms with Gasteiger partial charge in [-0.05, 0) is 68.7 Å². The van der Waals surface area contributed by atoms with Crippen LogP contribution in [0.5, 0.6) is 5.75 Å². The molecule has 0 bridgehead atoms. The molecule has 0 saturated carbocycles. The van der Waals surface area contributed by atoms with Gasteiger partial charge in [0.25, 0.3) is 0 Å². The average molecular weight is 398 g/mol. The van der Waals surface area contributed by atoms with E-state index in [-0.39, 0.29) is 36.1 Å². The highest BCUT2D eigenvalue weighted by atomic mass is 19.1. The summed E-state index contributed by atoms with van der Waals surface area (Å²) in [7, 11) is 0. The Bertz CT molecular complexity index is 843. The molecular weight excluding hydrogens is 371 g/mol. The lowest BCUT2D eigenvalue weighted by Gasteiger charge is -2.31. The lowest BCUT2D eigenvalue weighted by Crippen LogP contribution is -2.42. The molecule has 1 aliphatic rings. The second kappa shape index (κ2) is 9.54. The largest absolute Gasteiger partial charge is 0.491 e. The first kappa shape index (κ1) is 20.8. The molecule has 0 aliphatic carbocycles. The number of nitrogens with zero attached hydrogens (tertiary/aromatic N) is 1. The predicted octanol–water partition coefficient (Wildman–Crippen LogP) is 4.03. The summed E-state index contributed by atoms with van der Waals surface area (Å²) >= 11 is 0. The van der Waals surface area contributed by atoms with Crippen molar-refractivity contribution in [2.45, 2.75) is 39.2 Å². The van der Waals surface area contributed by atoms with Crippen LogP contribution in [-0.2, 0) is 16.0 Å². The van der Waals surface area contributed by atoms with Crippen molar-refractivity contribution in [3.8, 4) is 5.75 Å². The maximum atomic E-state index is 13.3. The van der Waals surface area contributed by atoms with E-state index >= 15 is 0 Å². The quantitative estimate of drug-likeness (QED) is 0.799. The second-order valence-corrected chi connectivity index (χ2v) is 7.64. The number of carbonyl (C=O) groups is 2. The van der Waals surface area contributed by atoms with Crippen LogP contribution in [0.4, 0.5) is 10.1 Å². The molecule has 2 aromatic carbocycles. The Morgan fingerprint density at radius 1 is 1.14 bits per heavy atom. The van der Waals surface area contributed by atoms with Gasteiger partial charge < -0.3 is 15.0 Å². The normalized spacial score (nSPS) is 14.7. The second-order valence-electron chi connectivity index (χ2n) is 7.64. The number of hydrogen-bond acceptors (Lipinski definition) is 3. The minimum Gasteiger partial charge on any atom is -0.491 e. The molecule has 0 spiro atoms. The molecule has 29 heavy (non-hydrogen) atoms. The Balaban J connectivity index is 1.47. The third-order valence-corrected chi connectivity index (χ3v) is 4.96. The lowest BCUT2D eigenvalue weighted by atomic mass is 9.95. The Labute approximate surface area is 170 Å². The molecule has 6 heteroatoms. The molecule has 0 aromatic heterocycles. The standard InChI is InChI=1S/C23H27FN2O3/c1-16(2)29-21-8-6-20(7-9-21)25-23(28)18-10-12-26(13-11-18)22(27)15-17-4-3-5-19(24)14-17/h3-9,14,16,18H,10-13,15H2,1-2H3,(H,25,28). The maximum absolute atomic E-state index is 13.3. The van der Waals surface area contributed by atoms with E-state index in [1.165, 1.54) is 12.1 Å². The van der Waals surface area contributed by atoms with Crippen molar-refractivity contribution >= 4 is 17.5 Å². The van der Waals surface area contributed by atoms with Gasteiger partial charge in [0.15, 0.2) is 0 Å². The SMILES string of the molecule is CC(C)Oc1ccc(NC(=O)C2CCN(C(=O)Cc3cccc(F)c3)CC2)cc1. The molecule has 5 nitrogen and oxygen atoms in total. The number of rotatable bonds is 6. The van der Waals surface area contributed by atoms with Crippen LogP contribution in [0.1, 0.15) is 32.3 Å². The number of halogens is 1. The van der Waals surface area contributed by atoms with E-state index in [4.69, 9.17) is 4.74 Å². The van der Waals surface area contributed by atoms with Crippen molar-refractivity contribution in [2.24, 2.45) is 5.92 Å². The van der Waals surface area contributed by atoms with Crippen LogP contribution in [-0.4, -0.2) is 35.9 Å². The minimum absolute atomic E-state index is 0.0280. The van der Waals surface area contributed by atoms with E-state index in [1.54, 1.807) is 17.0 Å². The molecule has 154 valence electrons. The zero-order valence-electron chi connectivity index (χ0n) is 16.9. The number of anilines is 1. The zero-order valence-corrected chi connectivity index (χ0v) is 16.9. The number of likely N-dealkylation sites (tertiary alicyclic amines) is 1. The minimum atomic E-state index is -0.338. The van der Waals surface area contributed by atoms with Crippen LogP contribution in [0.2, 0.25) is 0 Å². The van der Waals surface area contributed by atoms with Gasteiger partial charge in [0.1, 0.15) is 11.6 Å². The molecule has 1 heterocycles. The maximum Gasteiger partial charge on any atom is 0.227 e. The molecule has 1 N–H and O–H groups in total. The molecule has 0 radical (unpaired) electrons. The Morgan fingerprint density at radius 3 is 2.45 bits per heavy atom. The first-order valence-corrected chi connectivity index (χ1v) is 10.0. The van der Waals surface area contributed by atoms with E-state index in [0.29, 0.717) is 31.5 Å². The number of hydrogen-bond donors (Lipinski definition) is 1. The summed E-state index contributed by atoms with van der Waals surface area (Å²) < 4.78 is 18.9. The monoisotopic (exact) mass is 398 g/mol. The van der Waals surface area contributed by atoms with Crippen LogP contribution in [0.3, 0.4) is 0 Å². The Morgan fingerprint density at radius 2 is 1.83 bits per heavy atom. The van der Waals surface area contributed by atoms with Crippen LogP contribution >= 0.6 is 0 Å². The summed E-state index contributed by atoms with van der Waals surface area (Å²) in [5.74, 6) is 0.243. The van der Waals surface area contributed by atoms with Gasteiger partial charge in [-0.3, -0.25) is 9.59 Å². The molecule has 0 unspecified atom stereocenters. The highest BCUT2D eigenvalue weighted by Crippen LogP contribution is 2.22. The summed E-state index contributed by atoms with van der Waals surface area (Å²) in [6.07, 6.45) is 1.52. The Hall–Kier alpha value is -2.89. The fourth-order valence-corrected chi connectivity index (χ4v) is 3.46. The van der Waals surface area contributed by atoms with Crippen LogP contribution in [0.25, 0.3) is 0 Å². The third-order valence-electron chi connectivity index (χ3n) is 4.96. The summed E-state index contributed by atoms with van der Waals surface area (Å²) in [6, 6.07) is 13.4. The first-order chi connectivity index (χ1) is 13.9. The van der Waals surface area contributed by atoms with E-state index in [9.17, 15) is 14.0 Å². The first-order valence-electron chi connectivity index (χ1n) is 10.0. The third kappa shape index (κ3) is 6.04. The summed E-state index contributed by atoms with van der Waals surface area (Å²) in [6.45, 7) is 5.00. The summed E-state index contributed by atoms with van der Waals surface area (Å²) in [4.78, 5) is 26.8. The van der Waals surface area contributed by atoms with E-state index in [0.717, 1.165) is 11.4 Å². The predicted molar refractivity (Wildman–Crippen MR) is 110 cm³/mol. The van der Waals surface area contributed by atoms with Gasteiger partial charge >= 0.3 is 0 Å². The molecule has 1 fully saturated rings. The van der Waals surface area contributed by atoms with E-state index in [2.05, 4.69) is 5.32 Å². The highest BCUT2D eigenvalue weighted by Gasteiger charge is 2.27. The van der Waals surface area contributed by atoms with Gasteiger partial charge in [-0.2, -0.15) is 0 Å². The molecule has 1 aliphatic heterocycles. The average Bonchev–Trinajstić information content (AvgIpc) is 2.69. The van der Waals surface area contributed by atoms with Gasteiger partial charge in [0, 0.05) is 24.7 Å². The number of nitrogens with one attached hydrogen (secondary N) is 1. The summed E-state index contributed by atoms with van der Waals surface area (Å²) in [5, 5.41) is 2.94. The molecule has 2 aromatic rings. The van der Waals surface area contributed by atoms with Crippen molar-refractivity contribution in [3.05, 3.63) is 59.9 Å². The molecule has 3 rings (SSSR count). The van der Waals surface area contributed by atoms with Crippen molar-refractivity contribution in [1.82, 2.24) is 4.90 Å². The van der Waals surface area contributed by atoms with Crippen LogP contribution < -0.4 is 10.1 Å². The lowest BCUT2D eigenvalue weighted by molar-refractivity contribution is -0.133. The molecular formula is C23H27FN2O3. The van der Waals surface area contributed by atoms with E-state index < -0.39 is 0 Å². The number of ether oxygens (including phenoxy) is 1. The zero-order chi connectivity index (χ0) is 20.8. The van der Waals surface area contributed by atoms with Gasteiger partial charge in [-0.15, -0.1) is 0 Å². The number of piperidine rings is 1. The molecule has 1 saturated heterocycles. The van der Waals surface area contributed by atoms with Gasteiger partial charge in [-0.1, -0.05) is 12.1 Å². The Kier molecular flexibility index (Phi) is 6.86. The van der Waals surface area contributed by atoms with Crippen molar-refractivity contribution in [3.63, 3.8) is 0 Å². The number of carbonyl (C=O) groups excluding carboxylic acids is 2. The smallest absolute Gasteiger partial charge is 0.227 e. The van der Waals surface area contributed by atoms with Crippen LogP contribution in [0, 0.1) is 11.7 Å². The van der Waals surface area contributed by atoms with Crippen molar-refractivity contribution in [2.75, 3.05) is 18.4 Å². The number of benzene rings is 2. The fourth-order valence-electron chi connectivity index (χ4n) is 3.46. The topological polar surface area (TPSA) is 58.6 Å². The van der Waals surface area contributed by atoms with E-state index in [1.807, 2.05) is 38.1 Å². The van der Waals surface area contributed by atoms with Crippen molar-refractivity contribution in [1.29, 1.82) is 0 Å². The number of amides is 2. The highest BCUT2D eigenvalue weighted by molar-refractivity contribution is 5.92. The fraction of sp³-hybridized carbons (Fsp3) is 0.391.